The molecule has 25 heavy (non-hydrogen) atoms. The topological polar surface area (TPSA) is 109 Å². The van der Waals surface area contributed by atoms with Crippen LogP contribution in [0, 0.1) is 0 Å². The second kappa shape index (κ2) is 6.62. The number of aromatic nitrogens is 2. The number of β-amino-alcohol motifs (C(OH)–C–C–N with tert-alkyl or cyclic N) is 1. The van der Waals surface area contributed by atoms with E-state index in [1.54, 1.807) is 4.90 Å². The van der Waals surface area contributed by atoms with Crippen molar-refractivity contribution in [3.8, 4) is 0 Å². The second-order valence-corrected chi connectivity index (χ2v) is 7.53. The smallest absolute Gasteiger partial charge is 0.410 e. The largest absolute Gasteiger partial charge is 0.444 e. The van der Waals surface area contributed by atoms with E-state index in [9.17, 15) is 14.7 Å². The zero-order valence-electron chi connectivity index (χ0n) is 14.8. The fourth-order valence-corrected chi connectivity index (χ4v) is 3.01. The summed E-state index contributed by atoms with van der Waals surface area (Å²) in [6.07, 6.45) is 0.453. The lowest BCUT2D eigenvalue weighted by Crippen LogP contribution is -2.41. The first-order valence-electron chi connectivity index (χ1n) is 8.52. The Labute approximate surface area is 145 Å². The molecule has 3 heterocycles. The quantitative estimate of drug-likeness (QED) is 0.854. The summed E-state index contributed by atoms with van der Waals surface area (Å²) in [4.78, 5) is 26.9. The van der Waals surface area contributed by atoms with Crippen LogP contribution in [0.1, 0.15) is 51.8 Å². The first-order chi connectivity index (χ1) is 11.7. The number of rotatable bonds is 2. The van der Waals surface area contributed by atoms with Crippen LogP contribution < -0.4 is 4.90 Å². The van der Waals surface area contributed by atoms with Crippen LogP contribution in [0.15, 0.2) is 4.42 Å². The van der Waals surface area contributed by atoms with E-state index in [1.165, 1.54) is 4.90 Å². The van der Waals surface area contributed by atoms with Gasteiger partial charge in [-0.2, -0.15) is 0 Å². The molecule has 2 amide bonds. The van der Waals surface area contributed by atoms with Crippen molar-refractivity contribution in [3.63, 3.8) is 0 Å². The predicted octanol–water partition coefficient (Wildman–Crippen LogP) is 1.28. The highest BCUT2D eigenvalue weighted by Crippen LogP contribution is 2.30. The maximum Gasteiger partial charge on any atom is 0.410 e. The molecule has 0 saturated carbocycles. The van der Waals surface area contributed by atoms with Gasteiger partial charge in [0.05, 0.1) is 19.1 Å². The van der Waals surface area contributed by atoms with Gasteiger partial charge in [0, 0.05) is 19.0 Å². The lowest BCUT2D eigenvalue weighted by molar-refractivity contribution is -0.117. The third kappa shape index (κ3) is 4.09. The van der Waals surface area contributed by atoms with Crippen LogP contribution in [-0.2, 0) is 9.53 Å². The van der Waals surface area contributed by atoms with Crippen molar-refractivity contribution in [3.05, 3.63) is 5.89 Å². The Morgan fingerprint density at radius 3 is 2.52 bits per heavy atom. The monoisotopic (exact) mass is 352 g/mol. The van der Waals surface area contributed by atoms with Crippen molar-refractivity contribution >= 4 is 18.0 Å². The van der Waals surface area contributed by atoms with Gasteiger partial charge in [-0.3, -0.25) is 9.69 Å². The summed E-state index contributed by atoms with van der Waals surface area (Å²) in [6.45, 7) is 6.81. The van der Waals surface area contributed by atoms with Crippen molar-refractivity contribution in [2.75, 3.05) is 24.5 Å². The molecule has 2 saturated heterocycles. The molecule has 1 unspecified atom stereocenters. The normalized spacial score (nSPS) is 22.6. The Hall–Kier alpha value is -2.16. The molecule has 0 radical (unpaired) electrons. The lowest BCUT2D eigenvalue weighted by atomic mass is 9.97. The van der Waals surface area contributed by atoms with Gasteiger partial charge in [0.25, 0.3) is 0 Å². The maximum absolute atomic E-state index is 12.1. The van der Waals surface area contributed by atoms with E-state index in [1.807, 2.05) is 20.8 Å². The summed E-state index contributed by atoms with van der Waals surface area (Å²) in [7, 11) is 0. The average molecular weight is 352 g/mol. The highest BCUT2D eigenvalue weighted by molar-refractivity contribution is 5.93. The summed E-state index contributed by atoms with van der Waals surface area (Å²) >= 11 is 0. The van der Waals surface area contributed by atoms with Gasteiger partial charge in [0.1, 0.15) is 5.60 Å². The molecule has 0 bridgehead atoms. The summed E-state index contributed by atoms with van der Waals surface area (Å²) in [5.41, 5.74) is -0.512. The zero-order chi connectivity index (χ0) is 18.2. The number of ether oxygens (including phenoxy) is 1. The van der Waals surface area contributed by atoms with Crippen LogP contribution in [-0.4, -0.2) is 63.5 Å². The number of aliphatic hydroxyl groups excluding tert-OH is 1. The van der Waals surface area contributed by atoms with E-state index in [0.29, 0.717) is 31.8 Å². The number of piperidine rings is 1. The maximum atomic E-state index is 12.1. The summed E-state index contributed by atoms with van der Waals surface area (Å²) in [5.74, 6) is 0.290. The highest BCUT2D eigenvalue weighted by Gasteiger charge is 2.34. The molecule has 3 rings (SSSR count). The van der Waals surface area contributed by atoms with E-state index >= 15 is 0 Å². The van der Waals surface area contributed by atoms with Gasteiger partial charge in [-0.25, -0.2) is 4.79 Å². The molecule has 2 fully saturated rings. The minimum atomic E-state index is -0.695. The van der Waals surface area contributed by atoms with Crippen molar-refractivity contribution in [2.24, 2.45) is 0 Å². The van der Waals surface area contributed by atoms with Gasteiger partial charge in [-0.1, -0.05) is 5.10 Å². The van der Waals surface area contributed by atoms with Gasteiger partial charge in [0.15, 0.2) is 0 Å². The van der Waals surface area contributed by atoms with Crippen LogP contribution in [0.5, 0.6) is 0 Å². The minimum Gasteiger partial charge on any atom is -0.444 e. The number of hydrogen-bond donors (Lipinski definition) is 1. The van der Waals surface area contributed by atoms with E-state index in [-0.39, 0.29) is 36.9 Å². The van der Waals surface area contributed by atoms with Crippen molar-refractivity contribution in [1.29, 1.82) is 0 Å². The number of nitrogens with zero attached hydrogens (tertiary/aromatic N) is 4. The molecule has 138 valence electrons. The number of likely N-dealkylation sites (tertiary alicyclic amines) is 1. The van der Waals surface area contributed by atoms with E-state index in [0.717, 1.165) is 0 Å². The number of carbonyl (C=O) groups is 2. The molecule has 1 N–H and O–H groups in total. The molecule has 1 atom stereocenters. The molecule has 9 heteroatoms. The molecule has 2 aliphatic heterocycles. The van der Waals surface area contributed by atoms with Gasteiger partial charge < -0.3 is 19.2 Å². The van der Waals surface area contributed by atoms with Crippen LogP contribution in [0.3, 0.4) is 0 Å². The Morgan fingerprint density at radius 1 is 1.28 bits per heavy atom. The predicted molar refractivity (Wildman–Crippen MR) is 87.1 cm³/mol. The van der Waals surface area contributed by atoms with Gasteiger partial charge in [0.2, 0.25) is 11.8 Å². The number of anilines is 1. The SMILES string of the molecule is CC(C)(C)OC(=O)N1CCC(c2nnc(N3CC(O)CC3=O)o2)CC1. The Balaban J connectivity index is 1.57. The number of amides is 2. The van der Waals surface area contributed by atoms with Crippen LogP contribution in [0.4, 0.5) is 10.8 Å². The zero-order valence-corrected chi connectivity index (χ0v) is 14.8. The molecule has 1 aromatic heterocycles. The summed E-state index contributed by atoms with van der Waals surface area (Å²) in [6, 6.07) is 0.131. The summed E-state index contributed by atoms with van der Waals surface area (Å²) < 4.78 is 11.0. The lowest BCUT2D eigenvalue weighted by Gasteiger charge is -2.32. The summed E-state index contributed by atoms with van der Waals surface area (Å²) in [5, 5.41) is 17.5. The molecule has 0 aliphatic carbocycles. The first-order valence-corrected chi connectivity index (χ1v) is 8.52. The number of carbonyl (C=O) groups excluding carboxylic acids is 2. The third-order valence-corrected chi connectivity index (χ3v) is 4.26. The van der Waals surface area contributed by atoms with Crippen LogP contribution in [0.2, 0.25) is 0 Å². The molecule has 0 spiro atoms. The van der Waals surface area contributed by atoms with Gasteiger partial charge in [-0.05, 0) is 33.6 Å². The van der Waals surface area contributed by atoms with Gasteiger partial charge in [-0.15, -0.1) is 5.10 Å². The van der Waals surface area contributed by atoms with Crippen molar-refractivity contribution < 1.29 is 23.8 Å². The highest BCUT2D eigenvalue weighted by atomic mass is 16.6. The fourth-order valence-electron chi connectivity index (χ4n) is 3.01. The number of aliphatic hydroxyl groups is 1. The second-order valence-electron chi connectivity index (χ2n) is 7.53. The molecule has 1 aromatic rings. The molecular formula is C16H24N4O5. The van der Waals surface area contributed by atoms with Gasteiger partial charge >= 0.3 is 12.1 Å². The Bertz CT molecular complexity index is 645. The molecule has 9 nitrogen and oxygen atoms in total. The fraction of sp³-hybridized carbons (Fsp3) is 0.750. The molecule has 0 aromatic carbocycles. The average Bonchev–Trinajstić information content (AvgIpc) is 3.12. The minimum absolute atomic E-state index is 0.0440. The Kier molecular flexibility index (Phi) is 4.68. The van der Waals surface area contributed by atoms with E-state index < -0.39 is 11.7 Å². The van der Waals surface area contributed by atoms with Crippen molar-refractivity contribution in [1.82, 2.24) is 15.1 Å². The molecular weight excluding hydrogens is 328 g/mol. The van der Waals surface area contributed by atoms with Crippen LogP contribution >= 0.6 is 0 Å². The van der Waals surface area contributed by atoms with Crippen LogP contribution in [0.25, 0.3) is 0 Å². The standard InChI is InChI=1S/C16H24N4O5/c1-16(2,3)25-15(23)19-6-4-10(5-7-19)13-17-18-14(24-13)20-9-11(21)8-12(20)22/h10-11,21H,4-9H2,1-3H3. The van der Waals surface area contributed by atoms with E-state index in [4.69, 9.17) is 9.15 Å². The Morgan fingerprint density at radius 2 is 1.96 bits per heavy atom. The number of hydrogen-bond acceptors (Lipinski definition) is 7. The third-order valence-electron chi connectivity index (χ3n) is 4.26. The van der Waals surface area contributed by atoms with E-state index in [2.05, 4.69) is 10.2 Å². The first kappa shape index (κ1) is 17.7. The molecule has 2 aliphatic rings. The van der Waals surface area contributed by atoms with Crippen molar-refractivity contribution in [2.45, 2.75) is 57.7 Å².